The van der Waals surface area contributed by atoms with Crippen molar-refractivity contribution in [3.8, 4) is 0 Å². The van der Waals surface area contributed by atoms with Crippen LogP contribution in [0.2, 0.25) is 0 Å². The van der Waals surface area contributed by atoms with Crippen molar-refractivity contribution in [3.05, 3.63) is 45.4 Å². The van der Waals surface area contributed by atoms with Gasteiger partial charge in [0.25, 0.3) is 0 Å². The van der Waals surface area contributed by atoms with E-state index in [2.05, 4.69) is 33.8 Å². The van der Waals surface area contributed by atoms with Crippen molar-refractivity contribution >= 4 is 17.0 Å². The molecule has 0 aliphatic carbocycles. The third-order valence-corrected chi connectivity index (χ3v) is 4.09. The Kier molecular flexibility index (Phi) is 3.30. The summed E-state index contributed by atoms with van der Waals surface area (Å²) in [5, 5.41) is 7.99. The van der Waals surface area contributed by atoms with Crippen molar-refractivity contribution in [1.29, 1.82) is 0 Å². The monoisotopic (exact) mass is 259 g/mol. The van der Waals surface area contributed by atoms with Gasteiger partial charge in [-0.2, -0.15) is 0 Å². The molecule has 0 saturated carbocycles. The maximum absolute atomic E-state index is 4.26. The molecule has 1 aliphatic rings. The van der Waals surface area contributed by atoms with Crippen molar-refractivity contribution < 1.29 is 0 Å². The van der Waals surface area contributed by atoms with Crippen LogP contribution in [0.5, 0.6) is 0 Å². The SMILES string of the molecule is Cc1ncc(CNCc2ccc3c(c2)CCN3)s1. The molecule has 2 aromatic rings. The summed E-state index contributed by atoms with van der Waals surface area (Å²) < 4.78 is 0. The van der Waals surface area contributed by atoms with Crippen molar-refractivity contribution in [2.24, 2.45) is 0 Å². The summed E-state index contributed by atoms with van der Waals surface area (Å²) in [6.45, 7) is 4.94. The summed E-state index contributed by atoms with van der Waals surface area (Å²) in [6.07, 6.45) is 3.11. The number of fused-ring (bicyclic) bond motifs is 1. The van der Waals surface area contributed by atoms with Crippen molar-refractivity contribution in [3.63, 3.8) is 0 Å². The lowest BCUT2D eigenvalue weighted by Crippen LogP contribution is -2.11. The fraction of sp³-hybridized carbons (Fsp3) is 0.357. The van der Waals surface area contributed by atoms with Crippen LogP contribution in [-0.4, -0.2) is 11.5 Å². The van der Waals surface area contributed by atoms with Crippen molar-refractivity contribution in [1.82, 2.24) is 10.3 Å². The fourth-order valence-corrected chi connectivity index (χ4v) is 3.05. The van der Waals surface area contributed by atoms with E-state index >= 15 is 0 Å². The number of hydrogen-bond acceptors (Lipinski definition) is 4. The average Bonchev–Trinajstić information content (AvgIpc) is 2.97. The molecule has 3 nitrogen and oxygen atoms in total. The minimum absolute atomic E-state index is 0.904. The first-order chi connectivity index (χ1) is 8.81. The van der Waals surface area contributed by atoms with Gasteiger partial charge in [0, 0.05) is 36.4 Å². The van der Waals surface area contributed by atoms with Gasteiger partial charge in [0.05, 0.1) is 5.01 Å². The van der Waals surface area contributed by atoms with Crippen LogP contribution < -0.4 is 10.6 Å². The van der Waals surface area contributed by atoms with E-state index in [0.717, 1.165) is 31.1 Å². The van der Waals surface area contributed by atoms with Crippen LogP contribution in [0.3, 0.4) is 0 Å². The lowest BCUT2D eigenvalue weighted by molar-refractivity contribution is 0.699. The molecule has 2 heterocycles. The molecule has 0 saturated heterocycles. The summed E-state index contributed by atoms with van der Waals surface area (Å²) in [7, 11) is 0. The summed E-state index contributed by atoms with van der Waals surface area (Å²) in [5.74, 6) is 0. The van der Waals surface area contributed by atoms with Gasteiger partial charge in [-0.05, 0) is 30.5 Å². The molecule has 3 rings (SSSR count). The maximum Gasteiger partial charge on any atom is 0.0897 e. The quantitative estimate of drug-likeness (QED) is 0.886. The van der Waals surface area contributed by atoms with Crippen LogP contribution in [0.1, 0.15) is 21.0 Å². The first-order valence-electron chi connectivity index (χ1n) is 6.29. The van der Waals surface area contributed by atoms with Crippen molar-refractivity contribution in [2.45, 2.75) is 26.4 Å². The summed E-state index contributed by atoms with van der Waals surface area (Å²) in [5.41, 5.74) is 4.11. The molecule has 0 atom stereocenters. The number of nitrogens with zero attached hydrogens (tertiary/aromatic N) is 1. The van der Waals surface area contributed by atoms with Crippen LogP contribution >= 0.6 is 11.3 Å². The molecule has 4 heteroatoms. The van der Waals surface area contributed by atoms with Crippen LogP contribution in [-0.2, 0) is 19.5 Å². The molecule has 0 bridgehead atoms. The molecule has 0 fully saturated rings. The Balaban J connectivity index is 1.57. The maximum atomic E-state index is 4.26. The Bertz CT molecular complexity index is 548. The number of benzene rings is 1. The predicted molar refractivity (Wildman–Crippen MR) is 76.0 cm³/mol. The zero-order chi connectivity index (χ0) is 12.4. The van der Waals surface area contributed by atoms with Gasteiger partial charge >= 0.3 is 0 Å². The van der Waals surface area contributed by atoms with E-state index in [1.807, 2.05) is 13.1 Å². The normalized spacial score (nSPS) is 13.4. The van der Waals surface area contributed by atoms with Crippen LogP contribution in [0.4, 0.5) is 5.69 Å². The molecule has 0 unspecified atom stereocenters. The Hall–Kier alpha value is -1.39. The number of aromatic nitrogens is 1. The highest BCUT2D eigenvalue weighted by molar-refractivity contribution is 7.11. The summed E-state index contributed by atoms with van der Waals surface area (Å²) >= 11 is 1.76. The smallest absolute Gasteiger partial charge is 0.0897 e. The van der Waals surface area contributed by atoms with E-state index in [4.69, 9.17) is 0 Å². The minimum atomic E-state index is 0.904. The minimum Gasteiger partial charge on any atom is -0.384 e. The van der Waals surface area contributed by atoms with E-state index in [1.54, 1.807) is 11.3 Å². The second-order valence-electron chi connectivity index (χ2n) is 4.62. The van der Waals surface area contributed by atoms with Gasteiger partial charge in [-0.15, -0.1) is 11.3 Å². The number of hydrogen-bond donors (Lipinski definition) is 2. The molecule has 1 aliphatic heterocycles. The zero-order valence-corrected chi connectivity index (χ0v) is 11.3. The van der Waals surface area contributed by atoms with Gasteiger partial charge in [-0.3, -0.25) is 0 Å². The Labute approximate surface area is 111 Å². The molecule has 2 N–H and O–H groups in total. The number of rotatable bonds is 4. The Morgan fingerprint density at radius 1 is 1.39 bits per heavy atom. The second kappa shape index (κ2) is 5.08. The Morgan fingerprint density at radius 2 is 2.33 bits per heavy atom. The topological polar surface area (TPSA) is 37.0 Å². The molecule has 1 aromatic carbocycles. The number of anilines is 1. The number of aryl methyl sites for hydroxylation is 1. The average molecular weight is 259 g/mol. The van der Waals surface area contributed by atoms with Gasteiger partial charge in [0.2, 0.25) is 0 Å². The molecule has 0 radical (unpaired) electrons. The molecular weight excluding hydrogens is 242 g/mol. The number of thiazole rings is 1. The molecule has 0 amide bonds. The molecule has 18 heavy (non-hydrogen) atoms. The molecule has 94 valence electrons. The van der Waals surface area contributed by atoms with E-state index in [-0.39, 0.29) is 0 Å². The fourth-order valence-electron chi connectivity index (χ4n) is 2.29. The first kappa shape index (κ1) is 11.7. The van der Waals surface area contributed by atoms with Gasteiger partial charge in [0.15, 0.2) is 0 Å². The van der Waals surface area contributed by atoms with E-state index in [0.29, 0.717) is 0 Å². The Morgan fingerprint density at radius 3 is 3.17 bits per heavy atom. The van der Waals surface area contributed by atoms with Crippen molar-refractivity contribution in [2.75, 3.05) is 11.9 Å². The van der Waals surface area contributed by atoms with E-state index in [1.165, 1.54) is 21.7 Å². The van der Waals surface area contributed by atoms with Gasteiger partial charge < -0.3 is 10.6 Å². The van der Waals surface area contributed by atoms with Crippen LogP contribution in [0.25, 0.3) is 0 Å². The van der Waals surface area contributed by atoms with Gasteiger partial charge in [-0.25, -0.2) is 4.98 Å². The highest BCUT2D eigenvalue weighted by atomic mass is 32.1. The highest BCUT2D eigenvalue weighted by Crippen LogP contribution is 2.23. The summed E-state index contributed by atoms with van der Waals surface area (Å²) in [6, 6.07) is 6.69. The third-order valence-electron chi connectivity index (χ3n) is 3.18. The lowest BCUT2D eigenvalue weighted by Gasteiger charge is -2.06. The van der Waals surface area contributed by atoms with E-state index in [9.17, 15) is 0 Å². The largest absolute Gasteiger partial charge is 0.384 e. The molecule has 1 aromatic heterocycles. The van der Waals surface area contributed by atoms with Gasteiger partial charge in [-0.1, -0.05) is 12.1 Å². The third kappa shape index (κ3) is 2.54. The number of nitrogens with one attached hydrogen (secondary N) is 2. The standard InChI is InChI=1S/C14H17N3S/c1-10-17-9-13(18-10)8-15-7-11-2-3-14-12(6-11)4-5-16-14/h2-3,6,9,15-16H,4-5,7-8H2,1H3. The summed E-state index contributed by atoms with van der Waals surface area (Å²) in [4.78, 5) is 5.56. The first-order valence-corrected chi connectivity index (χ1v) is 7.10. The lowest BCUT2D eigenvalue weighted by atomic mass is 10.1. The molecular formula is C14H17N3S. The van der Waals surface area contributed by atoms with Crippen LogP contribution in [0.15, 0.2) is 24.4 Å². The van der Waals surface area contributed by atoms with E-state index < -0.39 is 0 Å². The zero-order valence-electron chi connectivity index (χ0n) is 10.5. The second-order valence-corrected chi connectivity index (χ2v) is 5.94. The highest BCUT2D eigenvalue weighted by Gasteiger charge is 2.09. The molecule has 0 spiro atoms. The van der Waals surface area contributed by atoms with Crippen LogP contribution in [0, 0.1) is 6.92 Å². The van der Waals surface area contributed by atoms with Gasteiger partial charge in [0.1, 0.15) is 0 Å². The predicted octanol–water partition coefficient (Wildman–Crippen LogP) is 2.71.